The molecule has 1 atom stereocenters. The molecule has 8 heteroatoms. The number of sulfonamides is 1. The van der Waals surface area contributed by atoms with E-state index in [4.69, 9.17) is 0 Å². The van der Waals surface area contributed by atoms with Crippen molar-refractivity contribution in [3.05, 3.63) is 29.8 Å². The fourth-order valence-electron chi connectivity index (χ4n) is 3.43. The van der Waals surface area contributed by atoms with E-state index in [0.717, 1.165) is 25.7 Å². The molecule has 0 aliphatic carbocycles. The second kappa shape index (κ2) is 7.13. The Morgan fingerprint density at radius 3 is 2.16 bits per heavy atom. The first-order valence-electron chi connectivity index (χ1n) is 8.53. The molecule has 2 saturated heterocycles. The molecule has 0 spiro atoms. The molecule has 7 nitrogen and oxygen atoms in total. The van der Waals surface area contributed by atoms with Crippen molar-refractivity contribution in [2.24, 2.45) is 0 Å². The molecule has 136 valence electrons. The second-order valence-electron chi connectivity index (χ2n) is 6.46. The van der Waals surface area contributed by atoms with Crippen LogP contribution in [0, 0.1) is 0 Å². The van der Waals surface area contributed by atoms with Gasteiger partial charge in [-0.1, -0.05) is 0 Å². The van der Waals surface area contributed by atoms with E-state index in [9.17, 15) is 23.1 Å². The highest BCUT2D eigenvalue weighted by Crippen LogP contribution is 2.23. The lowest BCUT2D eigenvalue weighted by molar-refractivity contribution is -0.311. The van der Waals surface area contributed by atoms with Crippen molar-refractivity contribution in [3.8, 4) is 0 Å². The van der Waals surface area contributed by atoms with Crippen molar-refractivity contribution in [1.29, 1.82) is 0 Å². The standard InChI is InChI=1S/C17H22N2O5S/c20-16(19-12-2-1-5-15(19)17(21)22)13-6-8-14(9-7-13)25(23,24)18-10-3-4-11-18/h6-9,15H,1-5,10-12H2,(H,21,22)/p-1/t15-/m1/s1. The van der Waals surface area contributed by atoms with Gasteiger partial charge in [0.2, 0.25) is 10.0 Å². The molecule has 2 fully saturated rings. The number of hydrogen-bond donors (Lipinski definition) is 0. The Labute approximate surface area is 147 Å². The normalized spacial score (nSPS) is 22.1. The van der Waals surface area contributed by atoms with E-state index in [0.29, 0.717) is 26.1 Å². The molecular weight excluding hydrogens is 344 g/mol. The summed E-state index contributed by atoms with van der Waals surface area (Å²) >= 11 is 0. The molecule has 2 heterocycles. The minimum absolute atomic E-state index is 0.154. The topological polar surface area (TPSA) is 97.8 Å². The quantitative estimate of drug-likeness (QED) is 0.760. The number of hydrogen-bond acceptors (Lipinski definition) is 5. The smallest absolute Gasteiger partial charge is 0.254 e. The Morgan fingerprint density at radius 2 is 1.56 bits per heavy atom. The molecule has 2 aliphatic heterocycles. The summed E-state index contributed by atoms with van der Waals surface area (Å²) in [6.45, 7) is 1.40. The van der Waals surface area contributed by atoms with Gasteiger partial charge in [0.15, 0.2) is 0 Å². The highest BCUT2D eigenvalue weighted by molar-refractivity contribution is 7.89. The second-order valence-corrected chi connectivity index (χ2v) is 8.40. The summed E-state index contributed by atoms with van der Waals surface area (Å²) in [6, 6.07) is 4.81. The van der Waals surface area contributed by atoms with Crippen LogP contribution in [-0.2, 0) is 14.8 Å². The molecule has 25 heavy (non-hydrogen) atoms. The van der Waals surface area contributed by atoms with Crippen molar-refractivity contribution < 1.29 is 23.1 Å². The minimum atomic E-state index is -3.53. The molecule has 1 amide bonds. The first-order valence-corrected chi connectivity index (χ1v) is 9.97. The van der Waals surface area contributed by atoms with Crippen LogP contribution in [0.15, 0.2) is 29.2 Å². The van der Waals surface area contributed by atoms with Crippen LogP contribution in [0.5, 0.6) is 0 Å². The van der Waals surface area contributed by atoms with Crippen molar-refractivity contribution in [1.82, 2.24) is 9.21 Å². The van der Waals surface area contributed by atoms with Crippen molar-refractivity contribution in [3.63, 3.8) is 0 Å². The molecule has 0 bridgehead atoms. The van der Waals surface area contributed by atoms with Gasteiger partial charge < -0.3 is 14.8 Å². The summed E-state index contributed by atoms with van der Waals surface area (Å²) in [6.07, 6.45) is 3.59. The Morgan fingerprint density at radius 1 is 0.960 bits per heavy atom. The maximum Gasteiger partial charge on any atom is 0.254 e. The monoisotopic (exact) mass is 365 g/mol. The Kier molecular flexibility index (Phi) is 5.10. The summed E-state index contributed by atoms with van der Waals surface area (Å²) in [5.74, 6) is -1.65. The number of likely N-dealkylation sites (tertiary alicyclic amines) is 1. The third kappa shape index (κ3) is 3.55. The van der Waals surface area contributed by atoms with Crippen LogP contribution < -0.4 is 5.11 Å². The third-order valence-electron chi connectivity index (χ3n) is 4.84. The summed E-state index contributed by atoms with van der Waals surface area (Å²) in [5.41, 5.74) is 0.286. The molecule has 1 aromatic carbocycles. The molecule has 1 aromatic rings. The SMILES string of the molecule is O=C([O-])[C@H]1CCCCN1C(=O)c1ccc(S(=O)(=O)N2CCCC2)cc1. The molecule has 0 radical (unpaired) electrons. The number of amides is 1. The first kappa shape index (κ1) is 17.9. The van der Waals surface area contributed by atoms with Gasteiger partial charge in [-0.25, -0.2) is 8.42 Å². The largest absolute Gasteiger partial charge is 0.548 e. The van der Waals surface area contributed by atoms with Crippen LogP contribution in [-0.4, -0.2) is 55.2 Å². The number of aliphatic carboxylic acids is 1. The van der Waals surface area contributed by atoms with Gasteiger partial charge in [-0.05, 0) is 56.4 Å². The lowest BCUT2D eigenvalue weighted by Gasteiger charge is -2.36. The summed E-state index contributed by atoms with van der Waals surface area (Å²) in [4.78, 5) is 25.3. The Hall–Kier alpha value is -1.93. The zero-order chi connectivity index (χ0) is 18.0. The van der Waals surface area contributed by atoms with Gasteiger partial charge in [0.05, 0.1) is 16.9 Å². The van der Waals surface area contributed by atoms with Gasteiger partial charge in [0.1, 0.15) is 0 Å². The van der Waals surface area contributed by atoms with Crippen LogP contribution in [0.4, 0.5) is 0 Å². The zero-order valence-corrected chi connectivity index (χ0v) is 14.7. The van der Waals surface area contributed by atoms with Crippen LogP contribution >= 0.6 is 0 Å². The third-order valence-corrected chi connectivity index (χ3v) is 6.75. The van der Waals surface area contributed by atoms with Gasteiger partial charge in [0, 0.05) is 25.2 Å². The number of rotatable bonds is 4. The summed E-state index contributed by atoms with van der Waals surface area (Å²) in [5, 5.41) is 11.2. The maximum atomic E-state index is 12.6. The van der Waals surface area contributed by atoms with Gasteiger partial charge in [-0.2, -0.15) is 4.31 Å². The molecule has 0 N–H and O–H groups in total. The average molecular weight is 365 g/mol. The Balaban J connectivity index is 1.79. The lowest BCUT2D eigenvalue weighted by atomic mass is 10.0. The van der Waals surface area contributed by atoms with Crippen LogP contribution in [0.3, 0.4) is 0 Å². The fourth-order valence-corrected chi connectivity index (χ4v) is 4.95. The van der Waals surface area contributed by atoms with E-state index in [1.165, 1.54) is 33.5 Å². The molecule has 0 unspecified atom stereocenters. The number of carboxylic acid groups (broad SMARTS) is 1. The van der Waals surface area contributed by atoms with Crippen molar-refractivity contribution in [2.45, 2.75) is 43.0 Å². The van der Waals surface area contributed by atoms with Gasteiger partial charge >= 0.3 is 0 Å². The summed E-state index contributed by atoms with van der Waals surface area (Å²) < 4.78 is 26.5. The zero-order valence-electron chi connectivity index (χ0n) is 13.9. The highest BCUT2D eigenvalue weighted by atomic mass is 32.2. The molecular formula is C17H21N2O5S-. The molecule has 2 aliphatic rings. The lowest BCUT2D eigenvalue weighted by Crippen LogP contribution is -2.52. The van der Waals surface area contributed by atoms with E-state index in [1.807, 2.05) is 0 Å². The van der Waals surface area contributed by atoms with Gasteiger partial charge in [-0.15, -0.1) is 0 Å². The van der Waals surface area contributed by atoms with E-state index in [-0.39, 0.29) is 10.5 Å². The molecule has 3 rings (SSSR count). The number of piperidine rings is 1. The number of carboxylic acids is 1. The first-order chi connectivity index (χ1) is 11.9. The minimum Gasteiger partial charge on any atom is -0.548 e. The summed E-state index contributed by atoms with van der Waals surface area (Å²) in [7, 11) is -3.53. The van der Waals surface area contributed by atoms with Crippen LogP contribution in [0.2, 0.25) is 0 Å². The van der Waals surface area contributed by atoms with Crippen LogP contribution in [0.25, 0.3) is 0 Å². The highest BCUT2D eigenvalue weighted by Gasteiger charge is 2.30. The predicted octanol–water partition coefficient (Wildman–Crippen LogP) is 0.216. The van der Waals surface area contributed by atoms with Crippen LogP contribution in [0.1, 0.15) is 42.5 Å². The van der Waals surface area contributed by atoms with E-state index < -0.39 is 27.9 Å². The van der Waals surface area contributed by atoms with Crippen molar-refractivity contribution >= 4 is 21.9 Å². The van der Waals surface area contributed by atoms with Crippen molar-refractivity contribution in [2.75, 3.05) is 19.6 Å². The fraction of sp³-hybridized carbons (Fsp3) is 0.529. The Bertz CT molecular complexity index is 754. The number of carbonyl (C=O) groups excluding carboxylic acids is 2. The van der Waals surface area contributed by atoms with E-state index in [1.54, 1.807) is 0 Å². The van der Waals surface area contributed by atoms with E-state index >= 15 is 0 Å². The van der Waals surface area contributed by atoms with Gasteiger partial charge in [0.25, 0.3) is 5.91 Å². The van der Waals surface area contributed by atoms with E-state index in [2.05, 4.69) is 0 Å². The predicted molar refractivity (Wildman–Crippen MR) is 88.1 cm³/mol. The maximum absolute atomic E-state index is 12.6. The number of carbonyl (C=O) groups is 2. The van der Waals surface area contributed by atoms with Gasteiger partial charge in [-0.3, -0.25) is 4.79 Å². The molecule has 0 saturated carbocycles. The average Bonchev–Trinajstić information content (AvgIpc) is 3.16. The number of nitrogens with zero attached hydrogens (tertiary/aromatic N) is 2. The molecule has 0 aromatic heterocycles. The number of benzene rings is 1.